The Labute approximate surface area is 168 Å². The van der Waals surface area contributed by atoms with Crippen molar-refractivity contribution in [1.29, 1.82) is 0 Å². The summed E-state index contributed by atoms with van der Waals surface area (Å²) in [6.45, 7) is 1.78. The highest BCUT2D eigenvalue weighted by Gasteiger charge is 2.18. The van der Waals surface area contributed by atoms with Crippen LogP contribution in [0, 0.1) is 6.92 Å². The van der Waals surface area contributed by atoms with Gasteiger partial charge in [-0.25, -0.2) is 8.42 Å². The zero-order valence-electron chi connectivity index (χ0n) is 15.0. The number of anilines is 1. The van der Waals surface area contributed by atoms with E-state index in [0.29, 0.717) is 10.7 Å². The van der Waals surface area contributed by atoms with Gasteiger partial charge in [0.1, 0.15) is 0 Å². The second-order valence-corrected chi connectivity index (χ2v) is 8.49. The normalized spacial score (nSPS) is 11.5. The Bertz CT molecular complexity index is 1110. The molecule has 0 fully saturated rings. The third kappa shape index (κ3) is 4.85. The molecular formula is C21H17ClN2O3S. The Morgan fingerprint density at radius 3 is 2.46 bits per heavy atom. The molecule has 1 heterocycles. The minimum atomic E-state index is -3.69. The lowest BCUT2D eigenvalue weighted by Crippen LogP contribution is -2.08. The standard InChI is InChI=1S/C21H17ClN2O3S/c1-15-11-17(22)13-20(12-15)28(26,27)19-7-5-18(6-8-19)24-21(25)9-4-16-3-2-10-23-14-16/h2-14H,1H3,(H,24,25)/b9-4+. The van der Waals surface area contributed by atoms with Crippen molar-refractivity contribution in [3.05, 3.63) is 89.2 Å². The zero-order valence-corrected chi connectivity index (χ0v) is 16.5. The van der Waals surface area contributed by atoms with E-state index in [9.17, 15) is 13.2 Å². The summed E-state index contributed by atoms with van der Waals surface area (Å²) < 4.78 is 25.5. The highest BCUT2D eigenvalue weighted by molar-refractivity contribution is 7.91. The number of pyridine rings is 1. The molecule has 0 aliphatic heterocycles. The number of aromatic nitrogens is 1. The maximum atomic E-state index is 12.8. The molecule has 0 unspecified atom stereocenters. The minimum Gasteiger partial charge on any atom is -0.323 e. The van der Waals surface area contributed by atoms with Crippen molar-refractivity contribution in [3.8, 4) is 0 Å². The van der Waals surface area contributed by atoms with Gasteiger partial charge in [-0.1, -0.05) is 17.7 Å². The number of hydrogen-bond acceptors (Lipinski definition) is 4. The summed E-state index contributed by atoms with van der Waals surface area (Å²) >= 11 is 5.98. The van der Waals surface area contributed by atoms with E-state index in [1.807, 2.05) is 6.07 Å². The molecule has 5 nitrogen and oxygen atoms in total. The zero-order chi connectivity index (χ0) is 20.1. The Morgan fingerprint density at radius 1 is 1.07 bits per heavy atom. The van der Waals surface area contributed by atoms with Crippen LogP contribution >= 0.6 is 11.6 Å². The first-order valence-electron chi connectivity index (χ1n) is 8.36. The van der Waals surface area contributed by atoms with Crippen LogP contribution in [0.3, 0.4) is 0 Å². The predicted octanol–water partition coefficient (Wildman–Crippen LogP) is 4.53. The van der Waals surface area contributed by atoms with E-state index in [2.05, 4.69) is 10.3 Å². The van der Waals surface area contributed by atoms with Crippen molar-refractivity contribution in [1.82, 2.24) is 4.98 Å². The molecule has 142 valence electrons. The number of nitrogens with one attached hydrogen (secondary N) is 1. The number of halogens is 1. The van der Waals surface area contributed by atoms with E-state index < -0.39 is 9.84 Å². The topological polar surface area (TPSA) is 76.1 Å². The van der Waals surface area contributed by atoms with Gasteiger partial charge in [-0.2, -0.15) is 0 Å². The number of hydrogen-bond donors (Lipinski definition) is 1. The molecule has 3 rings (SSSR count). The highest BCUT2D eigenvalue weighted by atomic mass is 35.5. The van der Waals surface area contributed by atoms with Crippen LogP contribution in [0.5, 0.6) is 0 Å². The summed E-state index contributed by atoms with van der Waals surface area (Å²) in [5.41, 5.74) is 2.05. The average Bonchev–Trinajstić information content (AvgIpc) is 2.67. The van der Waals surface area contributed by atoms with Crippen molar-refractivity contribution in [2.75, 3.05) is 5.32 Å². The Morgan fingerprint density at radius 2 is 1.82 bits per heavy atom. The molecule has 0 saturated carbocycles. The fourth-order valence-corrected chi connectivity index (χ4v) is 4.29. The van der Waals surface area contributed by atoms with Gasteiger partial charge in [-0.05, 0) is 72.7 Å². The second-order valence-electron chi connectivity index (χ2n) is 6.10. The number of rotatable bonds is 5. The molecule has 28 heavy (non-hydrogen) atoms. The van der Waals surface area contributed by atoms with Crippen molar-refractivity contribution in [2.45, 2.75) is 16.7 Å². The van der Waals surface area contributed by atoms with Gasteiger partial charge in [0.05, 0.1) is 9.79 Å². The third-order valence-electron chi connectivity index (χ3n) is 3.87. The molecule has 1 aromatic heterocycles. The summed E-state index contributed by atoms with van der Waals surface area (Å²) in [5.74, 6) is -0.329. The lowest BCUT2D eigenvalue weighted by atomic mass is 10.2. The highest BCUT2D eigenvalue weighted by Crippen LogP contribution is 2.26. The van der Waals surface area contributed by atoms with E-state index in [4.69, 9.17) is 11.6 Å². The molecular weight excluding hydrogens is 396 g/mol. The summed E-state index contributed by atoms with van der Waals surface area (Å²) in [4.78, 5) is 16.2. The molecule has 1 amide bonds. The van der Waals surface area contributed by atoms with Gasteiger partial charge in [-0.3, -0.25) is 9.78 Å². The molecule has 0 saturated heterocycles. The Kier molecular flexibility index (Phi) is 5.92. The van der Waals surface area contributed by atoms with Crippen LogP contribution in [0.1, 0.15) is 11.1 Å². The quantitative estimate of drug-likeness (QED) is 0.624. The van der Waals surface area contributed by atoms with Crippen LogP contribution in [0.25, 0.3) is 6.08 Å². The van der Waals surface area contributed by atoms with Crippen molar-refractivity contribution >= 4 is 39.1 Å². The van der Waals surface area contributed by atoms with Crippen molar-refractivity contribution < 1.29 is 13.2 Å². The molecule has 2 aromatic carbocycles. The van der Waals surface area contributed by atoms with Crippen LogP contribution in [0.2, 0.25) is 5.02 Å². The van der Waals surface area contributed by atoms with E-state index >= 15 is 0 Å². The first-order valence-corrected chi connectivity index (χ1v) is 10.2. The van der Waals surface area contributed by atoms with E-state index in [0.717, 1.165) is 11.1 Å². The molecule has 0 radical (unpaired) electrons. The number of sulfone groups is 1. The lowest BCUT2D eigenvalue weighted by Gasteiger charge is -2.08. The smallest absolute Gasteiger partial charge is 0.248 e. The number of benzene rings is 2. The van der Waals surface area contributed by atoms with Gasteiger partial charge in [0.25, 0.3) is 0 Å². The molecule has 0 aliphatic carbocycles. The van der Waals surface area contributed by atoms with E-state index in [1.54, 1.807) is 55.7 Å². The number of nitrogens with zero attached hydrogens (tertiary/aromatic N) is 1. The predicted molar refractivity (Wildman–Crippen MR) is 110 cm³/mol. The largest absolute Gasteiger partial charge is 0.323 e. The van der Waals surface area contributed by atoms with Crippen LogP contribution in [0.4, 0.5) is 5.69 Å². The Balaban J connectivity index is 1.74. The monoisotopic (exact) mass is 412 g/mol. The summed E-state index contributed by atoms with van der Waals surface area (Å²) in [6.07, 6.45) is 6.32. The van der Waals surface area contributed by atoms with E-state index in [1.165, 1.54) is 24.3 Å². The first kappa shape index (κ1) is 19.8. The summed E-state index contributed by atoms with van der Waals surface area (Å²) in [7, 11) is -3.69. The molecule has 0 aliphatic rings. The fraction of sp³-hybridized carbons (Fsp3) is 0.0476. The van der Waals surface area contributed by atoms with Gasteiger partial charge in [0.15, 0.2) is 0 Å². The molecule has 0 spiro atoms. The fourth-order valence-electron chi connectivity index (χ4n) is 2.54. The van der Waals surface area contributed by atoms with Gasteiger partial charge in [0.2, 0.25) is 15.7 Å². The molecule has 3 aromatic rings. The third-order valence-corrected chi connectivity index (χ3v) is 5.84. The molecule has 1 N–H and O–H groups in total. The van der Waals surface area contributed by atoms with Gasteiger partial charge in [0, 0.05) is 29.2 Å². The number of carbonyl (C=O) groups excluding carboxylic acids is 1. The van der Waals surface area contributed by atoms with Crippen molar-refractivity contribution in [2.24, 2.45) is 0 Å². The van der Waals surface area contributed by atoms with Gasteiger partial charge < -0.3 is 5.32 Å². The number of aryl methyl sites for hydroxylation is 1. The van der Waals surface area contributed by atoms with E-state index in [-0.39, 0.29) is 15.7 Å². The van der Waals surface area contributed by atoms with Gasteiger partial charge in [-0.15, -0.1) is 0 Å². The maximum Gasteiger partial charge on any atom is 0.248 e. The number of amides is 1. The minimum absolute atomic E-state index is 0.123. The van der Waals surface area contributed by atoms with Crippen LogP contribution < -0.4 is 5.32 Å². The van der Waals surface area contributed by atoms with Crippen molar-refractivity contribution in [3.63, 3.8) is 0 Å². The molecule has 7 heteroatoms. The number of carbonyl (C=O) groups is 1. The lowest BCUT2D eigenvalue weighted by molar-refractivity contribution is -0.111. The second kappa shape index (κ2) is 8.37. The van der Waals surface area contributed by atoms with Crippen LogP contribution in [0.15, 0.2) is 82.9 Å². The van der Waals surface area contributed by atoms with Crippen LogP contribution in [-0.4, -0.2) is 19.3 Å². The maximum absolute atomic E-state index is 12.8. The summed E-state index contributed by atoms with van der Waals surface area (Å²) in [5, 5.41) is 3.05. The van der Waals surface area contributed by atoms with Gasteiger partial charge >= 0.3 is 0 Å². The average molecular weight is 413 g/mol. The SMILES string of the molecule is Cc1cc(Cl)cc(S(=O)(=O)c2ccc(NC(=O)/C=C/c3cccnc3)cc2)c1. The Hall–Kier alpha value is -2.96. The first-order chi connectivity index (χ1) is 13.3. The summed E-state index contributed by atoms with van der Waals surface area (Å²) in [6, 6.07) is 14.3. The van der Waals surface area contributed by atoms with Crippen LogP contribution in [-0.2, 0) is 14.6 Å². The molecule has 0 bridgehead atoms. The molecule has 0 atom stereocenters.